The number of ketones is 2. The second-order valence-corrected chi connectivity index (χ2v) is 7.01. The Labute approximate surface area is 123 Å². The molecule has 2 unspecified atom stereocenters. The first-order valence-electron chi connectivity index (χ1n) is 7.24. The lowest BCUT2D eigenvalue weighted by atomic mass is 9.54. The fourth-order valence-electron chi connectivity index (χ4n) is 4.72. The van der Waals surface area contributed by atoms with Gasteiger partial charge in [-0.3, -0.25) is 14.4 Å². The van der Waals surface area contributed by atoms with Crippen LogP contribution in [-0.4, -0.2) is 35.4 Å². The highest BCUT2D eigenvalue weighted by Crippen LogP contribution is 2.68. The summed E-state index contributed by atoms with van der Waals surface area (Å²) < 4.78 is 4.88. The SMILES string of the molecule is COC(=O)C1(C)C2(C)CC(=O)[C@@]1(O)CC1=C2C(=O)C[C@@H]1C. The molecular weight excluding hydrogens is 272 g/mol. The monoisotopic (exact) mass is 292 g/mol. The summed E-state index contributed by atoms with van der Waals surface area (Å²) in [5.41, 5.74) is -2.74. The van der Waals surface area contributed by atoms with Crippen LogP contribution >= 0.6 is 0 Å². The first kappa shape index (κ1) is 14.4. The Morgan fingerprint density at radius 1 is 1.29 bits per heavy atom. The van der Waals surface area contributed by atoms with Gasteiger partial charge in [-0.2, -0.15) is 0 Å². The van der Waals surface area contributed by atoms with Crippen molar-refractivity contribution in [3.8, 4) is 0 Å². The summed E-state index contributed by atoms with van der Waals surface area (Å²) in [7, 11) is 1.24. The number of aliphatic hydroxyl groups is 1. The average molecular weight is 292 g/mol. The minimum Gasteiger partial charge on any atom is -0.468 e. The summed E-state index contributed by atoms with van der Waals surface area (Å²) in [6.07, 6.45) is 0.462. The van der Waals surface area contributed by atoms with Crippen LogP contribution in [0.15, 0.2) is 11.1 Å². The highest BCUT2D eigenvalue weighted by atomic mass is 16.5. The Hall–Kier alpha value is -1.49. The molecule has 0 aromatic carbocycles. The maximum atomic E-state index is 12.5. The molecule has 0 amide bonds. The van der Waals surface area contributed by atoms with Crippen LogP contribution in [0.4, 0.5) is 0 Å². The van der Waals surface area contributed by atoms with Crippen LogP contribution in [0, 0.1) is 16.7 Å². The predicted octanol–water partition coefficient (Wildman–Crippen LogP) is 1.19. The highest BCUT2D eigenvalue weighted by Gasteiger charge is 2.76. The minimum absolute atomic E-state index is 0.00634. The van der Waals surface area contributed by atoms with Crippen LogP contribution in [0.1, 0.15) is 40.0 Å². The summed E-state index contributed by atoms with van der Waals surface area (Å²) in [5.74, 6) is -0.983. The van der Waals surface area contributed by atoms with Gasteiger partial charge in [-0.15, -0.1) is 0 Å². The van der Waals surface area contributed by atoms with Crippen molar-refractivity contribution in [2.45, 2.75) is 45.6 Å². The van der Waals surface area contributed by atoms with Crippen molar-refractivity contribution in [1.82, 2.24) is 0 Å². The smallest absolute Gasteiger partial charge is 0.315 e. The molecule has 0 aromatic rings. The molecule has 0 aliphatic heterocycles. The van der Waals surface area contributed by atoms with Gasteiger partial charge in [0.15, 0.2) is 11.6 Å². The van der Waals surface area contributed by atoms with Gasteiger partial charge in [0.2, 0.25) is 0 Å². The van der Waals surface area contributed by atoms with Gasteiger partial charge in [-0.05, 0) is 12.8 Å². The van der Waals surface area contributed by atoms with Crippen molar-refractivity contribution in [3.05, 3.63) is 11.1 Å². The number of fused-ring (bicyclic) bond motifs is 3. The maximum absolute atomic E-state index is 12.5. The third-order valence-corrected chi connectivity index (χ3v) is 6.18. The highest BCUT2D eigenvalue weighted by molar-refractivity contribution is 6.09. The Kier molecular flexibility index (Phi) is 2.63. The average Bonchev–Trinajstić information content (AvgIpc) is 2.72. The van der Waals surface area contributed by atoms with Crippen LogP contribution in [0.5, 0.6) is 0 Å². The van der Waals surface area contributed by atoms with Crippen molar-refractivity contribution in [1.29, 1.82) is 0 Å². The number of allylic oxidation sites excluding steroid dienone is 1. The van der Waals surface area contributed by atoms with Gasteiger partial charge in [-0.25, -0.2) is 0 Å². The Morgan fingerprint density at radius 2 is 1.90 bits per heavy atom. The molecule has 3 aliphatic carbocycles. The van der Waals surface area contributed by atoms with Crippen LogP contribution in [0.3, 0.4) is 0 Å². The number of esters is 1. The fourth-order valence-corrected chi connectivity index (χ4v) is 4.72. The van der Waals surface area contributed by atoms with E-state index in [4.69, 9.17) is 4.74 Å². The second kappa shape index (κ2) is 3.83. The van der Waals surface area contributed by atoms with E-state index in [9.17, 15) is 19.5 Å². The van der Waals surface area contributed by atoms with E-state index in [1.165, 1.54) is 7.11 Å². The Bertz CT molecular complexity index is 618. The number of hydrogen-bond donors (Lipinski definition) is 1. The molecule has 3 rings (SSSR count). The largest absolute Gasteiger partial charge is 0.468 e. The summed E-state index contributed by atoms with van der Waals surface area (Å²) in [5, 5.41) is 11.0. The molecule has 5 nitrogen and oxygen atoms in total. The number of carbonyl (C=O) groups is 3. The zero-order valence-electron chi connectivity index (χ0n) is 12.8. The summed E-state index contributed by atoms with van der Waals surface area (Å²) in [6.45, 7) is 5.23. The van der Waals surface area contributed by atoms with Crippen molar-refractivity contribution in [2.75, 3.05) is 7.11 Å². The van der Waals surface area contributed by atoms with E-state index in [2.05, 4.69) is 0 Å². The number of carbonyl (C=O) groups excluding carboxylic acids is 3. The standard InChI is InChI=1S/C16H20O5/c1-8-5-10(17)12-9(8)6-16(20)11(18)7-14(12,2)15(16,3)13(19)21-4/h8,20H,5-7H2,1-4H3/t8-,14?,15?,16-/m0/s1. The van der Waals surface area contributed by atoms with E-state index in [-0.39, 0.29) is 30.3 Å². The lowest BCUT2D eigenvalue weighted by Gasteiger charge is -2.49. The van der Waals surface area contributed by atoms with E-state index < -0.39 is 22.4 Å². The van der Waals surface area contributed by atoms with Crippen molar-refractivity contribution in [3.63, 3.8) is 0 Å². The molecule has 0 aromatic heterocycles. The van der Waals surface area contributed by atoms with Crippen molar-refractivity contribution < 1.29 is 24.2 Å². The van der Waals surface area contributed by atoms with Crippen LogP contribution in [0.25, 0.3) is 0 Å². The maximum Gasteiger partial charge on any atom is 0.315 e. The summed E-state index contributed by atoms with van der Waals surface area (Å²) >= 11 is 0. The number of methoxy groups -OCH3 is 1. The van der Waals surface area contributed by atoms with Gasteiger partial charge in [0, 0.05) is 30.3 Å². The number of rotatable bonds is 1. The molecule has 2 bridgehead atoms. The lowest BCUT2D eigenvalue weighted by molar-refractivity contribution is -0.180. The van der Waals surface area contributed by atoms with Gasteiger partial charge in [0.1, 0.15) is 11.0 Å². The van der Waals surface area contributed by atoms with Crippen LogP contribution in [0.2, 0.25) is 0 Å². The van der Waals surface area contributed by atoms with Gasteiger partial charge >= 0.3 is 5.97 Å². The first-order valence-corrected chi connectivity index (χ1v) is 7.24. The molecule has 0 saturated heterocycles. The molecule has 1 fully saturated rings. The molecule has 0 spiro atoms. The molecule has 3 aliphatic rings. The van der Waals surface area contributed by atoms with Gasteiger partial charge in [0.25, 0.3) is 0 Å². The minimum atomic E-state index is -1.77. The number of hydrogen-bond acceptors (Lipinski definition) is 5. The number of Topliss-reactive ketones (excluding diaryl/α,β-unsaturated/α-hetero) is 2. The summed E-state index contributed by atoms with van der Waals surface area (Å²) in [4.78, 5) is 37.3. The normalized spacial score (nSPS) is 45.1. The topological polar surface area (TPSA) is 80.7 Å². The van der Waals surface area contributed by atoms with E-state index in [1.807, 2.05) is 6.92 Å². The Balaban J connectivity index is 2.32. The molecule has 0 heterocycles. The third kappa shape index (κ3) is 1.29. The van der Waals surface area contributed by atoms with Crippen molar-refractivity contribution >= 4 is 17.5 Å². The van der Waals surface area contributed by atoms with Gasteiger partial charge in [0.05, 0.1) is 7.11 Å². The lowest BCUT2D eigenvalue weighted by Crippen LogP contribution is -2.60. The summed E-state index contributed by atoms with van der Waals surface area (Å²) in [6, 6.07) is 0. The Morgan fingerprint density at radius 3 is 2.48 bits per heavy atom. The van der Waals surface area contributed by atoms with Gasteiger partial charge in [-0.1, -0.05) is 19.4 Å². The molecular formula is C16H20O5. The first-order chi connectivity index (χ1) is 9.63. The molecule has 5 heteroatoms. The van der Waals surface area contributed by atoms with E-state index in [0.717, 1.165) is 5.57 Å². The van der Waals surface area contributed by atoms with Crippen LogP contribution in [-0.2, 0) is 19.1 Å². The molecule has 21 heavy (non-hydrogen) atoms. The van der Waals surface area contributed by atoms with E-state index >= 15 is 0 Å². The second-order valence-electron chi connectivity index (χ2n) is 7.01. The molecule has 1 N–H and O–H groups in total. The predicted molar refractivity (Wildman–Crippen MR) is 73.2 cm³/mol. The quantitative estimate of drug-likeness (QED) is 0.734. The number of ether oxygens (including phenoxy) is 1. The van der Waals surface area contributed by atoms with Gasteiger partial charge < -0.3 is 9.84 Å². The van der Waals surface area contributed by atoms with Crippen molar-refractivity contribution in [2.24, 2.45) is 16.7 Å². The third-order valence-electron chi connectivity index (χ3n) is 6.18. The zero-order valence-corrected chi connectivity index (χ0v) is 12.8. The molecule has 1 saturated carbocycles. The van der Waals surface area contributed by atoms with E-state index in [1.54, 1.807) is 13.8 Å². The molecule has 114 valence electrons. The van der Waals surface area contributed by atoms with E-state index in [0.29, 0.717) is 12.0 Å². The molecule has 0 radical (unpaired) electrons. The molecule has 4 atom stereocenters. The van der Waals surface area contributed by atoms with Crippen LogP contribution < -0.4 is 0 Å². The zero-order chi connectivity index (χ0) is 15.8. The fraction of sp³-hybridized carbons (Fsp3) is 0.688.